The van der Waals surface area contributed by atoms with Crippen LogP contribution >= 0.6 is 0 Å². The van der Waals surface area contributed by atoms with Gasteiger partial charge in [-0.1, -0.05) is 6.92 Å². The van der Waals surface area contributed by atoms with Crippen LogP contribution in [0.2, 0.25) is 0 Å². The van der Waals surface area contributed by atoms with Crippen LogP contribution in [0, 0.1) is 0 Å². The largest absolute Gasteiger partial charge is 0.497 e. The molecule has 156 valence electrons. The van der Waals surface area contributed by atoms with Crippen LogP contribution in [0.25, 0.3) is 10.9 Å². The van der Waals surface area contributed by atoms with Crippen molar-refractivity contribution in [3.8, 4) is 5.75 Å². The third kappa shape index (κ3) is 3.08. The predicted octanol–water partition coefficient (Wildman–Crippen LogP) is 2.34. The highest BCUT2D eigenvalue weighted by atomic mass is 16.5. The van der Waals surface area contributed by atoms with Crippen LogP contribution in [-0.4, -0.2) is 65.1 Å². The van der Waals surface area contributed by atoms with Crippen molar-refractivity contribution in [3.63, 3.8) is 0 Å². The molecule has 2 N–H and O–H groups in total. The van der Waals surface area contributed by atoms with Crippen molar-refractivity contribution in [2.45, 2.75) is 44.6 Å². The van der Waals surface area contributed by atoms with Gasteiger partial charge >= 0.3 is 0 Å². The van der Waals surface area contributed by atoms with Gasteiger partial charge in [-0.05, 0) is 30.5 Å². The van der Waals surface area contributed by atoms with Crippen LogP contribution in [0.15, 0.2) is 18.2 Å². The number of carbonyl (C=O) groups excluding carboxylic acids is 2. The monoisotopic (exact) mass is 399 g/mol. The topological polar surface area (TPSA) is 85.9 Å². The fourth-order valence-corrected chi connectivity index (χ4v) is 5.13. The summed E-state index contributed by atoms with van der Waals surface area (Å²) in [4.78, 5) is 31.9. The number of rotatable bonds is 3. The minimum Gasteiger partial charge on any atom is -0.497 e. The summed E-state index contributed by atoms with van der Waals surface area (Å²) in [6, 6.07) is 5.60. The van der Waals surface area contributed by atoms with E-state index in [1.54, 1.807) is 14.0 Å². The van der Waals surface area contributed by atoms with E-state index in [-0.39, 0.29) is 29.9 Å². The van der Waals surface area contributed by atoms with E-state index in [1.807, 2.05) is 28.9 Å². The number of fused-ring (bicyclic) bond motifs is 4. The van der Waals surface area contributed by atoms with Crippen LogP contribution in [0.4, 0.5) is 0 Å². The second kappa shape index (κ2) is 7.37. The Hall–Kier alpha value is -2.54. The number of amides is 2. The number of nitrogens with zero attached hydrogens (tertiary/aromatic N) is 2. The number of methoxy groups -OCH3 is 1. The fourth-order valence-electron chi connectivity index (χ4n) is 5.13. The summed E-state index contributed by atoms with van der Waals surface area (Å²) in [6.45, 7) is 5.26. The zero-order valence-electron chi connectivity index (χ0n) is 17.3. The van der Waals surface area contributed by atoms with Crippen molar-refractivity contribution >= 4 is 22.7 Å². The fraction of sp³-hybridized carbons (Fsp3) is 0.545. The number of nitrogens with one attached hydrogen (secondary N) is 1. The van der Waals surface area contributed by atoms with E-state index in [0.29, 0.717) is 26.1 Å². The summed E-state index contributed by atoms with van der Waals surface area (Å²) < 4.78 is 5.38. The Morgan fingerprint density at radius 1 is 1.31 bits per heavy atom. The molecule has 0 bridgehead atoms. The number of carbonyl (C=O) groups is 2. The van der Waals surface area contributed by atoms with Gasteiger partial charge in [0.05, 0.1) is 19.8 Å². The highest BCUT2D eigenvalue weighted by molar-refractivity contribution is 5.89. The van der Waals surface area contributed by atoms with Crippen molar-refractivity contribution in [1.82, 2.24) is 14.8 Å². The molecule has 1 atom stereocenters. The first-order chi connectivity index (χ1) is 13.9. The minimum atomic E-state index is -0.382. The maximum Gasteiger partial charge on any atom is 0.222 e. The second-order valence-corrected chi connectivity index (χ2v) is 8.19. The molecule has 1 spiro atoms. The molecule has 0 saturated carbocycles. The van der Waals surface area contributed by atoms with Gasteiger partial charge in [-0.15, -0.1) is 0 Å². The number of aromatic nitrogens is 1. The van der Waals surface area contributed by atoms with Crippen LogP contribution in [0.5, 0.6) is 5.75 Å². The molecule has 1 aromatic heterocycles. The molecule has 1 fully saturated rings. The molecule has 29 heavy (non-hydrogen) atoms. The summed E-state index contributed by atoms with van der Waals surface area (Å²) in [7, 11) is 1.64. The molecule has 7 heteroatoms. The Labute approximate surface area is 170 Å². The molecule has 7 nitrogen and oxygen atoms in total. The highest BCUT2D eigenvalue weighted by Gasteiger charge is 2.48. The lowest BCUT2D eigenvalue weighted by molar-refractivity contribution is -0.138. The van der Waals surface area contributed by atoms with Crippen molar-refractivity contribution in [3.05, 3.63) is 29.5 Å². The average molecular weight is 399 g/mol. The summed E-state index contributed by atoms with van der Waals surface area (Å²) >= 11 is 0. The number of hydrogen-bond acceptors (Lipinski definition) is 4. The van der Waals surface area contributed by atoms with Crippen molar-refractivity contribution in [2.75, 3.05) is 33.4 Å². The SMILES string of the molecule is CCC(=O)N1CC2(CCN(C(C)=O)CC2)c2c([nH]c3cc(OC)ccc23)[C@H]1CO. The molecule has 3 heterocycles. The van der Waals surface area contributed by atoms with Crippen LogP contribution in [0.1, 0.15) is 50.4 Å². The average Bonchev–Trinajstić information content (AvgIpc) is 3.12. The molecule has 2 aliphatic heterocycles. The van der Waals surface area contributed by atoms with E-state index in [1.165, 1.54) is 5.56 Å². The van der Waals surface area contributed by atoms with Gasteiger partial charge in [0.25, 0.3) is 0 Å². The number of piperidine rings is 1. The van der Waals surface area contributed by atoms with E-state index in [0.717, 1.165) is 35.2 Å². The maximum absolute atomic E-state index is 12.8. The van der Waals surface area contributed by atoms with Crippen LogP contribution in [-0.2, 0) is 15.0 Å². The van der Waals surface area contributed by atoms with Gasteiger partial charge in [0.15, 0.2) is 0 Å². The molecule has 0 unspecified atom stereocenters. The first-order valence-electron chi connectivity index (χ1n) is 10.3. The van der Waals surface area contributed by atoms with Gasteiger partial charge in [-0.3, -0.25) is 9.59 Å². The smallest absolute Gasteiger partial charge is 0.222 e. The lowest BCUT2D eigenvalue weighted by Gasteiger charge is -2.50. The van der Waals surface area contributed by atoms with Gasteiger partial charge < -0.3 is 24.6 Å². The van der Waals surface area contributed by atoms with Crippen molar-refractivity contribution in [1.29, 1.82) is 0 Å². The lowest BCUT2D eigenvalue weighted by atomic mass is 9.68. The van der Waals surface area contributed by atoms with E-state index in [9.17, 15) is 14.7 Å². The maximum atomic E-state index is 12.8. The Morgan fingerprint density at radius 2 is 2.03 bits per heavy atom. The third-order valence-corrected chi connectivity index (χ3v) is 6.71. The summed E-state index contributed by atoms with van der Waals surface area (Å²) in [5.41, 5.74) is 2.83. The molecule has 4 rings (SSSR count). The lowest BCUT2D eigenvalue weighted by Crippen LogP contribution is -2.55. The number of ether oxygens (including phenoxy) is 1. The predicted molar refractivity (Wildman–Crippen MR) is 110 cm³/mol. The number of H-pyrrole nitrogens is 1. The summed E-state index contributed by atoms with van der Waals surface area (Å²) in [5.74, 6) is 0.896. The van der Waals surface area contributed by atoms with Gasteiger partial charge in [-0.25, -0.2) is 0 Å². The van der Waals surface area contributed by atoms with E-state index < -0.39 is 0 Å². The number of aliphatic hydroxyl groups is 1. The highest BCUT2D eigenvalue weighted by Crippen LogP contribution is 2.49. The Morgan fingerprint density at radius 3 is 2.62 bits per heavy atom. The third-order valence-electron chi connectivity index (χ3n) is 6.71. The van der Waals surface area contributed by atoms with Gasteiger partial charge in [0.1, 0.15) is 5.75 Å². The van der Waals surface area contributed by atoms with Gasteiger partial charge in [0.2, 0.25) is 11.8 Å². The van der Waals surface area contributed by atoms with Gasteiger partial charge in [0, 0.05) is 61.1 Å². The summed E-state index contributed by atoms with van der Waals surface area (Å²) in [5, 5.41) is 11.3. The first-order valence-corrected chi connectivity index (χ1v) is 10.3. The normalized spacial score (nSPS) is 20.8. The van der Waals surface area contributed by atoms with Crippen LogP contribution < -0.4 is 4.74 Å². The number of likely N-dealkylation sites (tertiary alicyclic amines) is 1. The Bertz CT molecular complexity index is 943. The molecule has 2 aromatic rings. The Balaban J connectivity index is 1.88. The molecule has 0 aliphatic carbocycles. The van der Waals surface area contributed by atoms with Crippen molar-refractivity contribution in [2.24, 2.45) is 0 Å². The number of hydrogen-bond donors (Lipinski definition) is 2. The molecule has 2 amide bonds. The van der Waals surface area contributed by atoms with E-state index in [4.69, 9.17) is 4.74 Å². The Kier molecular flexibility index (Phi) is 5.02. The minimum absolute atomic E-state index is 0.0410. The molecule has 1 saturated heterocycles. The number of aliphatic hydroxyl groups excluding tert-OH is 1. The van der Waals surface area contributed by atoms with E-state index >= 15 is 0 Å². The zero-order chi connectivity index (χ0) is 20.8. The van der Waals surface area contributed by atoms with E-state index in [2.05, 4.69) is 11.1 Å². The second-order valence-electron chi connectivity index (χ2n) is 8.19. The molecule has 2 aliphatic rings. The molecular weight excluding hydrogens is 370 g/mol. The quantitative estimate of drug-likeness (QED) is 0.830. The molecule has 0 radical (unpaired) electrons. The zero-order valence-corrected chi connectivity index (χ0v) is 17.3. The molecule has 1 aromatic carbocycles. The number of aromatic amines is 1. The van der Waals surface area contributed by atoms with Gasteiger partial charge in [-0.2, -0.15) is 0 Å². The van der Waals surface area contributed by atoms with Crippen molar-refractivity contribution < 1.29 is 19.4 Å². The summed E-state index contributed by atoms with van der Waals surface area (Å²) in [6.07, 6.45) is 1.99. The van der Waals surface area contributed by atoms with Crippen LogP contribution in [0.3, 0.4) is 0 Å². The molecular formula is C22H29N3O4. The number of benzene rings is 1. The first kappa shape index (κ1) is 19.8. The standard InChI is InChI=1S/C22H29N3O4/c1-4-19(28)25-13-22(7-9-24(10-8-22)14(2)27)20-16-6-5-15(29-3)11-17(16)23-21(20)18(25)12-26/h5-6,11,18,23,26H,4,7-10,12-13H2,1-3H3/t18-/m1/s1.